The molecule has 2 rings (SSSR count). The standard InChI is InChI=1S/C15H19ClN2O3/c1-9(17-15(20)12-7-8-13(19)18-12)14(21-2)10-3-5-11(16)6-4-10/h3-6,9,12,14H,7-8H2,1-2H3,(H,17,20)(H,18,19)/t9-,12-,14-/m0/s1. The molecule has 0 aromatic heterocycles. The average molecular weight is 311 g/mol. The van der Waals surface area contributed by atoms with Crippen molar-refractivity contribution in [3.05, 3.63) is 34.9 Å². The van der Waals surface area contributed by atoms with Crippen molar-refractivity contribution in [1.82, 2.24) is 10.6 Å². The maximum absolute atomic E-state index is 12.1. The Balaban J connectivity index is 1.99. The number of carbonyl (C=O) groups is 2. The minimum atomic E-state index is -0.442. The zero-order chi connectivity index (χ0) is 15.4. The molecule has 0 saturated carbocycles. The minimum Gasteiger partial charge on any atom is -0.375 e. The number of hydrogen-bond donors (Lipinski definition) is 2. The Labute approximate surface area is 129 Å². The molecule has 1 saturated heterocycles. The molecule has 2 amide bonds. The molecule has 2 N–H and O–H groups in total. The molecule has 1 fully saturated rings. The molecule has 21 heavy (non-hydrogen) atoms. The van der Waals surface area contributed by atoms with Crippen molar-refractivity contribution >= 4 is 23.4 Å². The highest BCUT2D eigenvalue weighted by Crippen LogP contribution is 2.22. The van der Waals surface area contributed by atoms with Crippen LogP contribution in [0, 0.1) is 0 Å². The Morgan fingerprint density at radius 2 is 2.10 bits per heavy atom. The van der Waals surface area contributed by atoms with Gasteiger partial charge in [-0.2, -0.15) is 0 Å². The summed E-state index contributed by atoms with van der Waals surface area (Å²) in [5.41, 5.74) is 0.935. The zero-order valence-electron chi connectivity index (χ0n) is 12.1. The van der Waals surface area contributed by atoms with Crippen LogP contribution >= 0.6 is 11.6 Å². The monoisotopic (exact) mass is 310 g/mol. The van der Waals surface area contributed by atoms with Gasteiger partial charge in [0.15, 0.2) is 0 Å². The predicted octanol–water partition coefficient (Wildman–Crippen LogP) is 1.81. The SMILES string of the molecule is CO[C@H](c1ccc(Cl)cc1)[C@H](C)NC(=O)[C@@H]1CCC(=O)N1. The molecular weight excluding hydrogens is 292 g/mol. The van der Waals surface area contributed by atoms with Crippen molar-refractivity contribution in [3.63, 3.8) is 0 Å². The van der Waals surface area contributed by atoms with Crippen LogP contribution in [0.2, 0.25) is 5.02 Å². The van der Waals surface area contributed by atoms with Crippen LogP contribution in [0.5, 0.6) is 0 Å². The van der Waals surface area contributed by atoms with Crippen molar-refractivity contribution < 1.29 is 14.3 Å². The zero-order valence-corrected chi connectivity index (χ0v) is 12.8. The predicted molar refractivity (Wildman–Crippen MR) is 80.0 cm³/mol. The number of rotatable bonds is 5. The Morgan fingerprint density at radius 3 is 2.62 bits per heavy atom. The average Bonchev–Trinajstić information content (AvgIpc) is 2.88. The lowest BCUT2D eigenvalue weighted by Crippen LogP contribution is -2.47. The molecule has 3 atom stereocenters. The van der Waals surface area contributed by atoms with Crippen molar-refractivity contribution in [2.45, 2.75) is 38.0 Å². The summed E-state index contributed by atoms with van der Waals surface area (Å²) in [7, 11) is 1.60. The Bertz CT molecular complexity index is 518. The van der Waals surface area contributed by atoms with E-state index >= 15 is 0 Å². The first-order valence-electron chi connectivity index (χ1n) is 6.89. The van der Waals surface area contributed by atoms with Crippen molar-refractivity contribution in [3.8, 4) is 0 Å². The molecule has 114 valence electrons. The van der Waals surface area contributed by atoms with Gasteiger partial charge in [0.2, 0.25) is 11.8 Å². The molecule has 0 spiro atoms. The van der Waals surface area contributed by atoms with Gasteiger partial charge < -0.3 is 15.4 Å². The Morgan fingerprint density at radius 1 is 1.43 bits per heavy atom. The van der Waals surface area contributed by atoms with Crippen LogP contribution < -0.4 is 10.6 Å². The summed E-state index contributed by atoms with van der Waals surface area (Å²) in [6.07, 6.45) is 0.663. The van der Waals surface area contributed by atoms with Gasteiger partial charge in [-0.15, -0.1) is 0 Å². The van der Waals surface area contributed by atoms with E-state index in [-0.39, 0.29) is 24.0 Å². The molecule has 0 aliphatic carbocycles. The van der Waals surface area contributed by atoms with Gasteiger partial charge in [-0.05, 0) is 31.0 Å². The number of carbonyl (C=O) groups excluding carboxylic acids is 2. The van der Waals surface area contributed by atoms with Gasteiger partial charge in [-0.25, -0.2) is 0 Å². The molecular formula is C15H19ClN2O3. The maximum atomic E-state index is 12.1. The van der Waals surface area contributed by atoms with E-state index in [1.165, 1.54) is 0 Å². The van der Waals surface area contributed by atoms with Crippen molar-refractivity contribution in [1.29, 1.82) is 0 Å². The largest absolute Gasteiger partial charge is 0.375 e. The lowest BCUT2D eigenvalue weighted by Gasteiger charge is -2.25. The number of halogens is 1. The molecule has 6 heteroatoms. The van der Waals surface area contributed by atoms with E-state index in [4.69, 9.17) is 16.3 Å². The quantitative estimate of drug-likeness (QED) is 0.871. The van der Waals surface area contributed by atoms with E-state index in [1.807, 2.05) is 19.1 Å². The lowest BCUT2D eigenvalue weighted by atomic mass is 10.0. The normalized spacial score (nSPS) is 20.7. The topological polar surface area (TPSA) is 67.4 Å². The minimum absolute atomic E-state index is 0.0798. The summed E-state index contributed by atoms with van der Waals surface area (Å²) in [6, 6.07) is 6.65. The summed E-state index contributed by atoms with van der Waals surface area (Å²) in [5.74, 6) is -0.256. The number of hydrogen-bond acceptors (Lipinski definition) is 3. The third-order valence-corrected chi connectivity index (χ3v) is 3.84. The fourth-order valence-electron chi connectivity index (χ4n) is 2.49. The van der Waals surface area contributed by atoms with Crippen LogP contribution in [-0.4, -0.2) is 31.0 Å². The van der Waals surface area contributed by atoms with E-state index < -0.39 is 6.04 Å². The second kappa shape index (κ2) is 6.91. The van der Waals surface area contributed by atoms with Gasteiger partial charge in [-0.3, -0.25) is 9.59 Å². The van der Waals surface area contributed by atoms with Crippen LogP contribution in [0.1, 0.15) is 31.4 Å². The second-order valence-corrected chi connectivity index (χ2v) is 5.60. The number of nitrogens with one attached hydrogen (secondary N) is 2. The first kappa shape index (κ1) is 15.8. The van der Waals surface area contributed by atoms with Crippen LogP contribution in [0.3, 0.4) is 0 Å². The third-order valence-electron chi connectivity index (χ3n) is 3.59. The van der Waals surface area contributed by atoms with Crippen LogP contribution in [0.25, 0.3) is 0 Å². The first-order chi connectivity index (χ1) is 10.0. The molecule has 0 unspecified atom stereocenters. The summed E-state index contributed by atoms with van der Waals surface area (Å²) in [4.78, 5) is 23.3. The number of methoxy groups -OCH3 is 1. The molecule has 1 aliphatic heterocycles. The van der Waals surface area contributed by atoms with Gasteiger partial charge in [0.05, 0.1) is 6.04 Å². The lowest BCUT2D eigenvalue weighted by molar-refractivity contribution is -0.126. The Hall–Kier alpha value is -1.59. The Kier molecular flexibility index (Phi) is 5.20. The first-order valence-corrected chi connectivity index (χ1v) is 7.27. The highest BCUT2D eigenvalue weighted by molar-refractivity contribution is 6.30. The fraction of sp³-hybridized carbons (Fsp3) is 0.467. The van der Waals surface area contributed by atoms with Gasteiger partial charge >= 0.3 is 0 Å². The van der Waals surface area contributed by atoms with E-state index in [0.717, 1.165) is 5.56 Å². The van der Waals surface area contributed by atoms with E-state index in [0.29, 0.717) is 17.9 Å². The van der Waals surface area contributed by atoms with Gasteiger partial charge in [-0.1, -0.05) is 23.7 Å². The highest BCUT2D eigenvalue weighted by atomic mass is 35.5. The second-order valence-electron chi connectivity index (χ2n) is 5.16. The van der Waals surface area contributed by atoms with Gasteiger partial charge in [0.25, 0.3) is 0 Å². The van der Waals surface area contributed by atoms with Crippen molar-refractivity contribution in [2.24, 2.45) is 0 Å². The molecule has 5 nitrogen and oxygen atoms in total. The summed E-state index contributed by atoms with van der Waals surface area (Å²) in [5, 5.41) is 6.20. The molecule has 1 heterocycles. The smallest absolute Gasteiger partial charge is 0.242 e. The summed E-state index contributed by atoms with van der Waals surface area (Å²) in [6.45, 7) is 1.87. The fourth-order valence-corrected chi connectivity index (χ4v) is 2.62. The van der Waals surface area contributed by atoms with Gasteiger partial charge in [0.1, 0.15) is 12.1 Å². The number of benzene rings is 1. The van der Waals surface area contributed by atoms with Crippen LogP contribution in [0.4, 0.5) is 0 Å². The summed E-state index contributed by atoms with van der Waals surface area (Å²) < 4.78 is 5.48. The molecule has 1 aromatic carbocycles. The van der Waals surface area contributed by atoms with Crippen LogP contribution in [-0.2, 0) is 14.3 Å². The molecule has 0 bridgehead atoms. The van der Waals surface area contributed by atoms with E-state index in [1.54, 1.807) is 19.2 Å². The third kappa shape index (κ3) is 3.95. The molecule has 1 aromatic rings. The molecule has 0 radical (unpaired) electrons. The van der Waals surface area contributed by atoms with Crippen LogP contribution in [0.15, 0.2) is 24.3 Å². The summed E-state index contributed by atoms with van der Waals surface area (Å²) >= 11 is 5.87. The van der Waals surface area contributed by atoms with E-state index in [2.05, 4.69) is 10.6 Å². The maximum Gasteiger partial charge on any atom is 0.242 e. The van der Waals surface area contributed by atoms with E-state index in [9.17, 15) is 9.59 Å². The number of ether oxygens (including phenoxy) is 1. The number of amides is 2. The highest BCUT2D eigenvalue weighted by Gasteiger charge is 2.29. The van der Waals surface area contributed by atoms with Gasteiger partial charge in [0, 0.05) is 18.6 Å². The molecule has 1 aliphatic rings. The van der Waals surface area contributed by atoms with Crippen molar-refractivity contribution in [2.75, 3.05) is 7.11 Å².